The van der Waals surface area contributed by atoms with Crippen molar-refractivity contribution in [2.24, 2.45) is 0 Å². The lowest BCUT2D eigenvalue weighted by molar-refractivity contribution is 0.0514. The topological polar surface area (TPSA) is 58.4 Å². The fourth-order valence-electron chi connectivity index (χ4n) is 5.70. The maximum Gasteiger partial charge on any atom is 0.274 e. The van der Waals surface area contributed by atoms with E-state index in [1.807, 2.05) is 63.0 Å². The number of likely N-dealkylation sites (tertiary alicyclic amines) is 1. The van der Waals surface area contributed by atoms with Gasteiger partial charge in [-0.2, -0.15) is 5.10 Å². The van der Waals surface area contributed by atoms with Crippen LogP contribution in [-0.2, 0) is 12.8 Å². The van der Waals surface area contributed by atoms with Crippen molar-refractivity contribution in [3.63, 3.8) is 0 Å². The highest BCUT2D eigenvalue weighted by Gasteiger charge is 2.33. The molecule has 0 bridgehead atoms. The number of carbonyl (C=O) groups is 2. The number of rotatable bonds is 6. The summed E-state index contributed by atoms with van der Waals surface area (Å²) in [5, 5.41) is 4.95. The summed E-state index contributed by atoms with van der Waals surface area (Å²) >= 11 is 0. The average molecular weight is 485 g/mol. The number of nitrogens with zero attached hydrogens (tertiary/aromatic N) is 4. The van der Waals surface area contributed by atoms with E-state index in [1.165, 1.54) is 12.1 Å². The Kier molecular flexibility index (Phi) is 7.49. The van der Waals surface area contributed by atoms with E-state index in [9.17, 15) is 9.59 Å². The largest absolute Gasteiger partial charge is 0.338 e. The smallest absolute Gasteiger partial charge is 0.274 e. The molecule has 2 amide bonds. The van der Waals surface area contributed by atoms with Crippen LogP contribution in [0, 0.1) is 0 Å². The maximum absolute atomic E-state index is 14.1. The first-order chi connectivity index (χ1) is 17.7. The lowest BCUT2D eigenvalue weighted by Crippen LogP contribution is -2.49. The molecule has 2 heterocycles. The molecule has 1 aliphatic carbocycles. The quantitative estimate of drug-likeness (QED) is 0.446. The minimum Gasteiger partial charge on any atom is -0.338 e. The molecule has 1 aromatic heterocycles. The molecular weight excluding hydrogens is 448 g/mol. The van der Waals surface area contributed by atoms with Gasteiger partial charge in [0.15, 0.2) is 5.69 Å². The number of benzene rings is 2. The molecule has 3 aromatic rings. The highest BCUT2D eigenvalue weighted by Crippen LogP contribution is 2.29. The van der Waals surface area contributed by atoms with E-state index in [4.69, 9.17) is 5.10 Å². The van der Waals surface area contributed by atoms with E-state index in [0.717, 1.165) is 61.8 Å². The van der Waals surface area contributed by atoms with Crippen LogP contribution in [0.4, 0.5) is 0 Å². The molecule has 6 nitrogen and oxygen atoms in total. The molecule has 0 unspecified atom stereocenters. The Hall–Kier alpha value is -3.41. The molecule has 188 valence electrons. The molecule has 2 aliphatic rings. The summed E-state index contributed by atoms with van der Waals surface area (Å²) in [6.07, 6.45) is 7.77. The van der Waals surface area contributed by atoms with E-state index < -0.39 is 0 Å². The summed E-state index contributed by atoms with van der Waals surface area (Å²) in [6.45, 7) is 4.17. The van der Waals surface area contributed by atoms with Gasteiger partial charge in [0.1, 0.15) is 0 Å². The van der Waals surface area contributed by atoms with Crippen molar-refractivity contribution in [1.29, 1.82) is 0 Å². The molecule has 0 N–H and O–H groups in total. The van der Waals surface area contributed by atoms with Crippen molar-refractivity contribution >= 4 is 11.8 Å². The summed E-state index contributed by atoms with van der Waals surface area (Å²) in [5.74, 6) is 0.131. The molecular formula is C30H36N4O2. The Morgan fingerprint density at radius 2 is 1.58 bits per heavy atom. The van der Waals surface area contributed by atoms with Crippen LogP contribution in [0.3, 0.4) is 0 Å². The van der Waals surface area contributed by atoms with Gasteiger partial charge in [0.2, 0.25) is 0 Å². The van der Waals surface area contributed by atoms with Gasteiger partial charge in [0, 0.05) is 42.5 Å². The molecule has 0 atom stereocenters. The van der Waals surface area contributed by atoms with Crippen LogP contribution in [0.2, 0.25) is 0 Å². The highest BCUT2D eigenvalue weighted by atomic mass is 16.2. The van der Waals surface area contributed by atoms with Crippen LogP contribution in [-0.4, -0.2) is 57.1 Å². The number of carbonyl (C=O) groups excluding carboxylic acids is 2. The number of para-hydroxylation sites is 1. The van der Waals surface area contributed by atoms with Crippen molar-refractivity contribution < 1.29 is 9.59 Å². The number of amides is 2. The van der Waals surface area contributed by atoms with Gasteiger partial charge in [-0.15, -0.1) is 0 Å². The molecule has 0 spiro atoms. The highest BCUT2D eigenvalue weighted by molar-refractivity contribution is 5.95. The first-order valence-electron chi connectivity index (χ1n) is 13.5. The first-order valence-corrected chi connectivity index (χ1v) is 13.5. The second-order valence-corrected chi connectivity index (χ2v) is 9.97. The third kappa shape index (κ3) is 4.95. The molecule has 1 aliphatic heterocycles. The zero-order chi connectivity index (χ0) is 24.9. The fraction of sp³-hybridized carbons (Fsp3) is 0.433. The average Bonchev–Trinajstić information content (AvgIpc) is 3.12. The summed E-state index contributed by atoms with van der Waals surface area (Å²) in [6, 6.07) is 19.8. The second kappa shape index (κ2) is 11.1. The number of fused-ring (bicyclic) bond motifs is 1. The molecule has 1 saturated heterocycles. The van der Waals surface area contributed by atoms with Crippen LogP contribution < -0.4 is 0 Å². The standard InChI is InChI=1S/C30H36N4O2/c1-2-20-33(24-18-21-32(22-19-24)29(35)23-12-6-3-7-13-23)30(36)28-26-16-10-5-11-17-27(26)34(31-28)25-14-8-4-9-15-25/h3-4,6-9,12-15,24H,2,5,10-11,16-22H2,1H3. The van der Waals surface area contributed by atoms with E-state index in [-0.39, 0.29) is 17.9 Å². The van der Waals surface area contributed by atoms with Gasteiger partial charge in [0.05, 0.1) is 5.69 Å². The minimum atomic E-state index is 0.0533. The first kappa shape index (κ1) is 24.3. The zero-order valence-corrected chi connectivity index (χ0v) is 21.2. The van der Waals surface area contributed by atoms with Crippen LogP contribution >= 0.6 is 0 Å². The van der Waals surface area contributed by atoms with Gasteiger partial charge >= 0.3 is 0 Å². The van der Waals surface area contributed by atoms with Gasteiger partial charge in [-0.05, 0) is 69.2 Å². The third-order valence-electron chi connectivity index (χ3n) is 7.57. The predicted octanol–water partition coefficient (Wildman–Crippen LogP) is 5.30. The summed E-state index contributed by atoms with van der Waals surface area (Å²) < 4.78 is 2.01. The number of hydrogen-bond donors (Lipinski definition) is 0. The Bertz CT molecular complexity index is 1180. The molecule has 5 rings (SSSR count). The van der Waals surface area contributed by atoms with E-state index in [1.54, 1.807) is 0 Å². The Morgan fingerprint density at radius 1 is 0.917 bits per heavy atom. The van der Waals surface area contributed by atoms with Crippen molar-refractivity contribution in [3.05, 3.63) is 83.2 Å². The predicted molar refractivity (Wildman–Crippen MR) is 142 cm³/mol. The lowest BCUT2D eigenvalue weighted by atomic mass is 10.00. The van der Waals surface area contributed by atoms with Crippen molar-refractivity contribution in [2.45, 2.75) is 64.3 Å². The SMILES string of the molecule is CCCN(C(=O)c1nn(-c2ccccc2)c2c1CCCCC2)C1CCN(C(=O)c2ccccc2)CC1. The van der Waals surface area contributed by atoms with Crippen LogP contribution in [0.25, 0.3) is 5.69 Å². The molecule has 2 aromatic carbocycles. The summed E-state index contributed by atoms with van der Waals surface area (Å²) in [4.78, 5) is 31.0. The van der Waals surface area contributed by atoms with Crippen molar-refractivity contribution in [1.82, 2.24) is 19.6 Å². The summed E-state index contributed by atoms with van der Waals surface area (Å²) in [5.41, 5.74) is 4.71. The molecule has 0 saturated carbocycles. The second-order valence-electron chi connectivity index (χ2n) is 9.97. The van der Waals surface area contributed by atoms with Crippen LogP contribution in [0.1, 0.15) is 77.6 Å². The van der Waals surface area contributed by atoms with Gasteiger partial charge in [-0.25, -0.2) is 4.68 Å². The van der Waals surface area contributed by atoms with Crippen LogP contribution in [0.5, 0.6) is 0 Å². The Labute approximate surface area is 213 Å². The van der Waals surface area contributed by atoms with Crippen molar-refractivity contribution in [3.8, 4) is 5.69 Å². The van der Waals surface area contributed by atoms with Gasteiger partial charge in [-0.3, -0.25) is 9.59 Å². The summed E-state index contributed by atoms with van der Waals surface area (Å²) in [7, 11) is 0. The zero-order valence-electron chi connectivity index (χ0n) is 21.2. The number of hydrogen-bond acceptors (Lipinski definition) is 3. The van der Waals surface area contributed by atoms with Gasteiger partial charge < -0.3 is 9.80 Å². The maximum atomic E-state index is 14.1. The van der Waals surface area contributed by atoms with Gasteiger partial charge in [-0.1, -0.05) is 49.7 Å². The molecule has 0 radical (unpaired) electrons. The van der Waals surface area contributed by atoms with E-state index in [0.29, 0.717) is 25.3 Å². The molecule has 1 fully saturated rings. The number of aromatic nitrogens is 2. The Balaban J connectivity index is 1.38. The monoisotopic (exact) mass is 484 g/mol. The molecule has 6 heteroatoms. The fourth-order valence-corrected chi connectivity index (χ4v) is 5.70. The lowest BCUT2D eigenvalue weighted by Gasteiger charge is -2.38. The molecule has 36 heavy (non-hydrogen) atoms. The Morgan fingerprint density at radius 3 is 2.28 bits per heavy atom. The third-order valence-corrected chi connectivity index (χ3v) is 7.57. The van der Waals surface area contributed by atoms with Gasteiger partial charge in [0.25, 0.3) is 11.8 Å². The van der Waals surface area contributed by atoms with Crippen LogP contribution in [0.15, 0.2) is 60.7 Å². The van der Waals surface area contributed by atoms with E-state index >= 15 is 0 Å². The minimum absolute atomic E-state index is 0.0533. The normalized spacial score (nSPS) is 16.3. The van der Waals surface area contributed by atoms with E-state index in [2.05, 4.69) is 19.1 Å². The van der Waals surface area contributed by atoms with Crippen molar-refractivity contribution in [2.75, 3.05) is 19.6 Å². The number of piperidine rings is 1.